The van der Waals surface area contributed by atoms with E-state index in [0.29, 0.717) is 6.54 Å². The minimum Gasteiger partial charge on any atom is -0.357 e. The van der Waals surface area contributed by atoms with Crippen LogP contribution in [0.25, 0.3) is 5.65 Å². The van der Waals surface area contributed by atoms with Gasteiger partial charge in [0.05, 0.1) is 0 Å². The standard InChI is InChI=1S/C18H29N7/c1-2-19-18(20-10-14-24-11-6-3-4-7-12-24)21-15-17-23-22-16-9-5-8-13-25(16)17/h5,8-9,13H,2-4,6-7,10-12,14-15H2,1H3,(H2,19,20,21). The van der Waals surface area contributed by atoms with Crippen molar-refractivity contribution in [2.75, 3.05) is 32.7 Å². The SMILES string of the molecule is CCNC(=NCc1nnc2ccccn12)NCCN1CCCCCC1. The Morgan fingerprint density at radius 1 is 1.12 bits per heavy atom. The van der Waals surface area contributed by atoms with Gasteiger partial charge in [-0.25, -0.2) is 4.99 Å². The molecule has 1 aliphatic heterocycles. The summed E-state index contributed by atoms with van der Waals surface area (Å²) in [6, 6.07) is 5.89. The molecule has 3 heterocycles. The number of aromatic nitrogens is 3. The summed E-state index contributed by atoms with van der Waals surface area (Å²) in [7, 11) is 0. The van der Waals surface area contributed by atoms with E-state index in [1.807, 2.05) is 28.8 Å². The molecule has 0 spiro atoms. The molecule has 0 amide bonds. The van der Waals surface area contributed by atoms with Gasteiger partial charge in [-0.15, -0.1) is 10.2 Å². The number of rotatable bonds is 6. The first-order valence-corrected chi connectivity index (χ1v) is 9.40. The van der Waals surface area contributed by atoms with Gasteiger partial charge in [0.2, 0.25) is 0 Å². The van der Waals surface area contributed by atoms with E-state index in [1.165, 1.54) is 38.8 Å². The third kappa shape index (κ3) is 5.16. The van der Waals surface area contributed by atoms with Gasteiger partial charge in [-0.3, -0.25) is 4.40 Å². The molecule has 0 saturated carbocycles. The molecule has 3 rings (SSSR count). The normalized spacial score (nSPS) is 16.8. The number of nitrogens with zero attached hydrogens (tertiary/aromatic N) is 5. The highest BCUT2D eigenvalue weighted by Gasteiger charge is 2.09. The summed E-state index contributed by atoms with van der Waals surface area (Å²) in [6.45, 7) is 7.85. The van der Waals surface area contributed by atoms with Crippen molar-refractivity contribution in [3.05, 3.63) is 30.2 Å². The zero-order valence-electron chi connectivity index (χ0n) is 15.1. The topological polar surface area (TPSA) is 69.8 Å². The predicted octanol–water partition coefficient (Wildman–Crippen LogP) is 1.66. The van der Waals surface area contributed by atoms with Gasteiger partial charge >= 0.3 is 0 Å². The molecule has 7 nitrogen and oxygen atoms in total. The molecule has 0 atom stereocenters. The average Bonchev–Trinajstić information content (AvgIpc) is 2.86. The van der Waals surface area contributed by atoms with Gasteiger partial charge < -0.3 is 15.5 Å². The van der Waals surface area contributed by atoms with Crippen molar-refractivity contribution in [2.45, 2.75) is 39.2 Å². The second kappa shape index (κ2) is 9.36. The van der Waals surface area contributed by atoms with Crippen molar-refractivity contribution >= 4 is 11.6 Å². The van der Waals surface area contributed by atoms with E-state index in [2.05, 4.69) is 37.6 Å². The van der Waals surface area contributed by atoms with Crippen LogP contribution in [0.4, 0.5) is 0 Å². The lowest BCUT2D eigenvalue weighted by molar-refractivity contribution is 0.289. The molecule has 2 aromatic rings. The summed E-state index contributed by atoms with van der Waals surface area (Å²) < 4.78 is 1.98. The van der Waals surface area contributed by atoms with Gasteiger partial charge in [0.15, 0.2) is 17.4 Å². The molecule has 0 bridgehead atoms. The van der Waals surface area contributed by atoms with Crippen molar-refractivity contribution in [3.8, 4) is 0 Å². The quantitative estimate of drug-likeness (QED) is 0.617. The van der Waals surface area contributed by atoms with Crippen LogP contribution in [0.5, 0.6) is 0 Å². The van der Waals surface area contributed by atoms with Crippen molar-refractivity contribution in [1.82, 2.24) is 30.1 Å². The Hall–Kier alpha value is -2.15. The Kier molecular flexibility index (Phi) is 6.62. The van der Waals surface area contributed by atoms with Crippen molar-refractivity contribution < 1.29 is 0 Å². The van der Waals surface area contributed by atoms with Crippen LogP contribution in [0, 0.1) is 0 Å². The molecular formula is C18H29N7. The Morgan fingerprint density at radius 3 is 2.76 bits per heavy atom. The fourth-order valence-corrected chi connectivity index (χ4v) is 3.18. The Bertz CT molecular complexity index is 671. The number of aliphatic imine (C=N–C) groups is 1. The highest BCUT2D eigenvalue weighted by molar-refractivity contribution is 5.79. The molecule has 136 valence electrons. The second-order valence-electron chi connectivity index (χ2n) is 6.42. The number of nitrogens with one attached hydrogen (secondary N) is 2. The number of fused-ring (bicyclic) bond motifs is 1. The Labute approximate surface area is 149 Å². The van der Waals surface area contributed by atoms with E-state index in [1.54, 1.807) is 0 Å². The van der Waals surface area contributed by atoms with Gasteiger partial charge in [-0.2, -0.15) is 0 Å². The van der Waals surface area contributed by atoms with E-state index in [4.69, 9.17) is 0 Å². The molecule has 7 heteroatoms. The minimum absolute atomic E-state index is 0.504. The summed E-state index contributed by atoms with van der Waals surface area (Å²) in [5, 5.41) is 15.1. The number of hydrogen-bond acceptors (Lipinski definition) is 4. The lowest BCUT2D eigenvalue weighted by Gasteiger charge is -2.20. The van der Waals surface area contributed by atoms with E-state index in [-0.39, 0.29) is 0 Å². The highest BCUT2D eigenvalue weighted by atomic mass is 15.3. The maximum absolute atomic E-state index is 4.66. The molecule has 2 N–H and O–H groups in total. The van der Waals surface area contributed by atoms with Crippen LogP contribution in [-0.4, -0.2) is 58.2 Å². The van der Waals surface area contributed by atoms with Gasteiger partial charge in [-0.1, -0.05) is 18.9 Å². The van der Waals surface area contributed by atoms with E-state index in [9.17, 15) is 0 Å². The van der Waals surface area contributed by atoms with Crippen LogP contribution in [-0.2, 0) is 6.54 Å². The molecule has 25 heavy (non-hydrogen) atoms. The van der Waals surface area contributed by atoms with Gasteiger partial charge in [0.25, 0.3) is 0 Å². The third-order valence-corrected chi connectivity index (χ3v) is 4.53. The molecule has 1 saturated heterocycles. The van der Waals surface area contributed by atoms with Crippen molar-refractivity contribution in [2.24, 2.45) is 4.99 Å². The van der Waals surface area contributed by atoms with Gasteiger partial charge in [-0.05, 0) is 45.0 Å². The first-order chi connectivity index (χ1) is 12.4. The number of pyridine rings is 1. The summed E-state index contributed by atoms with van der Waals surface area (Å²) in [5.74, 6) is 1.69. The molecule has 0 unspecified atom stereocenters. The summed E-state index contributed by atoms with van der Waals surface area (Å²) in [5.41, 5.74) is 0.854. The highest BCUT2D eigenvalue weighted by Crippen LogP contribution is 2.08. The third-order valence-electron chi connectivity index (χ3n) is 4.53. The van der Waals surface area contributed by atoms with Crippen LogP contribution in [0.15, 0.2) is 29.4 Å². The summed E-state index contributed by atoms with van der Waals surface area (Å²) >= 11 is 0. The fraction of sp³-hybridized carbons (Fsp3) is 0.611. The molecular weight excluding hydrogens is 314 g/mol. The molecule has 1 fully saturated rings. The predicted molar refractivity (Wildman–Crippen MR) is 101 cm³/mol. The molecule has 0 aromatic carbocycles. The monoisotopic (exact) mass is 343 g/mol. The van der Waals surface area contributed by atoms with Crippen molar-refractivity contribution in [1.29, 1.82) is 0 Å². The number of hydrogen-bond donors (Lipinski definition) is 2. The smallest absolute Gasteiger partial charge is 0.191 e. The largest absolute Gasteiger partial charge is 0.357 e. The number of likely N-dealkylation sites (tertiary alicyclic amines) is 1. The number of guanidine groups is 1. The zero-order valence-corrected chi connectivity index (χ0v) is 15.1. The lowest BCUT2D eigenvalue weighted by Crippen LogP contribution is -2.41. The molecule has 1 aliphatic rings. The molecule has 0 radical (unpaired) electrons. The van der Waals surface area contributed by atoms with Gasteiger partial charge in [0.1, 0.15) is 6.54 Å². The fourth-order valence-electron chi connectivity index (χ4n) is 3.18. The first kappa shape index (κ1) is 17.7. The molecule has 2 aromatic heterocycles. The maximum Gasteiger partial charge on any atom is 0.191 e. The van der Waals surface area contributed by atoms with E-state index in [0.717, 1.165) is 37.1 Å². The lowest BCUT2D eigenvalue weighted by atomic mass is 10.2. The minimum atomic E-state index is 0.504. The Balaban J connectivity index is 1.53. The van der Waals surface area contributed by atoms with E-state index < -0.39 is 0 Å². The van der Waals surface area contributed by atoms with Crippen LogP contribution < -0.4 is 10.6 Å². The Morgan fingerprint density at radius 2 is 1.96 bits per heavy atom. The van der Waals surface area contributed by atoms with Crippen LogP contribution >= 0.6 is 0 Å². The van der Waals surface area contributed by atoms with Gasteiger partial charge in [0, 0.05) is 25.8 Å². The summed E-state index contributed by atoms with van der Waals surface area (Å²) in [6.07, 6.45) is 7.38. The van der Waals surface area contributed by atoms with E-state index >= 15 is 0 Å². The molecule has 0 aliphatic carbocycles. The van der Waals surface area contributed by atoms with Crippen LogP contribution in [0.1, 0.15) is 38.4 Å². The second-order valence-corrected chi connectivity index (χ2v) is 6.42. The first-order valence-electron chi connectivity index (χ1n) is 9.40. The van der Waals surface area contributed by atoms with Crippen LogP contribution in [0.2, 0.25) is 0 Å². The van der Waals surface area contributed by atoms with Crippen LogP contribution in [0.3, 0.4) is 0 Å². The van der Waals surface area contributed by atoms with Crippen molar-refractivity contribution in [3.63, 3.8) is 0 Å². The average molecular weight is 343 g/mol. The zero-order chi connectivity index (χ0) is 17.3. The maximum atomic E-state index is 4.66. The summed E-state index contributed by atoms with van der Waals surface area (Å²) in [4.78, 5) is 7.21.